The zero-order chi connectivity index (χ0) is 9.68. The lowest BCUT2D eigenvalue weighted by molar-refractivity contribution is 0.548. The van der Waals surface area contributed by atoms with Gasteiger partial charge in [-0.2, -0.15) is 0 Å². The average Bonchev–Trinajstić information content (AvgIpc) is 2.03. The lowest BCUT2D eigenvalue weighted by atomic mass is 10.2. The summed E-state index contributed by atoms with van der Waals surface area (Å²) in [4.78, 5) is 8.08. The maximum atomic E-state index is 5.49. The van der Waals surface area contributed by atoms with Gasteiger partial charge in [0.05, 0.1) is 11.9 Å². The number of anilines is 1. The fraction of sp³-hybridized carbons (Fsp3) is 0.556. The van der Waals surface area contributed by atoms with E-state index in [-0.39, 0.29) is 0 Å². The molecule has 0 fully saturated rings. The Balaban J connectivity index is 2.37. The van der Waals surface area contributed by atoms with Gasteiger partial charge in [0.25, 0.3) is 0 Å². The fourth-order valence-corrected chi connectivity index (χ4v) is 0.997. The van der Waals surface area contributed by atoms with Crippen molar-refractivity contribution in [2.75, 3.05) is 12.3 Å². The number of nitrogen functional groups attached to an aromatic ring is 1. The number of nitrogens with one attached hydrogen (secondary N) is 1. The fourth-order valence-electron chi connectivity index (χ4n) is 0.997. The summed E-state index contributed by atoms with van der Waals surface area (Å²) in [6, 6.07) is 0. The molecule has 0 aliphatic rings. The van der Waals surface area contributed by atoms with Gasteiger partial charge in [0.2, 0.25) is 0 Å². The first kappa shape index (κ1) is 9.92. The van der Waals surface area contributed by atoms with E-state index < -0.39 is 0 Å². The summed E-state index contributed by atoms with van der Waals surface area (Å²) in [5.74, 6) is 1.12. The first-order valence-electron chi connectivity index (χ1n) is 4.45. The third-order valence-electron chi connectivity index (χ3n) is 1.56. The lowest BCUT2D eigenvalue weighted by Gasteiger charge is -2.06. The number of nitrogens with two attached hydrogens (primary N) is 1. The lowest BCUT2D eigenvalue weighted by Crippen LogP contribution is -2.19. The molecular formula is C9H16N4. The van der Waals surface area contributed by atoms with Crippen molar-refractivity contribution in [2.45, 2.75) is 20.4 Å². The van der Waals surface area contributed by atoms with Crippen molar-refractivity contribution < 1.29 is 0 Å². The van der Waals surface area contributed by atoms with Crippen molar-refractivity contribution in [1.29, 1.82) is 0 Å². The van der Waals surface area contributed by atoms with E-state index >= 15 is 0 Å². The summed E-state index contributed by atoms with van der Waals surface area (Å²) in [6.45, 7) is 6.04. The van der Waals surface area contributed by atoms with Crippen LogP contribution in [-0.4, -0.2) is 16.5 Å². The zero-order valence-electron chi connectivity index (χ0n) is 8.12. The van der Waals surface area contributed by atoms with E-state index in [4.69, 9.17) is 5.73 Å². The van der Waals surface area contributed by atoms with Crippen molar-refractivity contribution in [2.24, 2.45) is 5.92 Å². The van der Waals surface area contributed by atoms with Crippen molar-refractivity contribution in [3.05, 3.63) is 18.1 Å². The third-order valence-corrected chi connectivity index (χ3v) is 1.56. The van der Waals surface area contributed by atoms with E-state index in [0.29, 0.717) is 11.7 Å². The topological polar surface area (TPSA) is 63.8 Å². The molecule has 0 saturated heterocycles. The number of hydrogen-bond acceptors (Lipinski definition) is 4. The van der Waals surface area contributed by atoms with Crippen molar-refractivity contribution in [1.82, 2.24) is 15.3 Å². The van der Waals surface area contributed by atoms with Crippen LogP contribution in [0.3, 0.4) is 0 Å². The summed E-state index contributed by atoms with van der Waals surface area (Å²) in [5.41, 5.74) is 6.38. The molecule has 13 heavy (non-hydrogen) atoms. The Morgan fingerprint density at radius 2 is 2.23 bits per heavy atom. The first-order valence-corrected chi connectivity index (χ1v) is 4.45. The monoisotopic (exact) mass is 180 g/mol. The van der Waals surface area contributed by atoms with Crippen LogP contribution in [0, 0.1) is 5.92 Å². The molecular weight excluding hydrogens is 164 g/mol. The van der Waals surface area contributed by atoms with Crippen LogP contribution >= 0.6 is 0 Å². The molecule has 1 aromatic rings. The molecule has 1 aromatic heterocycles. The van der Waals surface area contributed by atoms with Gasteiger partial charge in [0.1, 0.15) is 5.82 Å². The first-order chi connectivity index (χ1) is 6.18. The Labute approximate surface area is 78.6 Å². The van der Waals surface area contributed by atoms with Gasteiger partial charge in [-0.1, -0.05) is 13.8 Å². The van der Waals surface area contributed by atoms with Crippen LogP contribution in [0.1, 0.15) is 19.5 Å². The molecule has 72 valence electrons. The van der Waals surface area contributed by atoms with Crippen LogP contribution in [-0.2, 0) is 6.54 Å². The summed E-state index contributed by atoms with van der Waals surface area (Å²) < 4.78 is 0. The zero-order valence-corrected chi connectivity index (χ0v) is 8.12. The number of rotatable bonds is 4. The molecule has 1 rings (SSSR count). The molecule has 0 spiro atoms. The molecule has 0 radical (unpaired) electrons. The predicted molar refractivity (Wildman–Crippen MR) is 53.0 cm³/mol. The van der Waals surface area contributed by atoms with Crippen molar-refractivity contribution in [3.8, 4) is 0 Å². The second-order valence-electron chi connectivity index (χ2n) is 3.46. The summed E-state index contributed by atoms with van der Waals surface area (Å²) >= 11 is 0. The Hall–Kier alpha value is -1.16. The average molecular weight is 180 g/mol. The Morgan fingerprint density at radius 3 is 2.85 bits per heavy atom. The van der Waals surface area contributed by atoms with E-state index in [1.54, 1.807) is 12.4 Å². The highest BCUT2D eigenvalue weighted by Crippen LogP contribution is 1.97. The van der Waals surface area contributed by atoms with Crippen molar-refractivity contribution in [3.63, 3.8) is 0 Å². The van der Waals surface area contributed by atoms with Gasteiger partial charge in [-0.25, -0.2) is 4.98 Å². The quantitative estimate of drug-likeness (QED) is 0.719. The van der Waals surface area contributed by atoms with Crippen LogP contribution in [0.5, 0.6) is 0 Å². The molecule has 0 aromatic carbocycles. The van der Waals surface area contributed by atoms with Gasteiger partial charge >= 0.3 is 0 Å². The van der Waals surface area contributed by atoms with Gasteiger partial charge in [-0.05, 0) is 12.5 Å². The summed E-state index contributed by atoms with van der Waals surface area (Å²) in [5, 5.41) is 3.27. The minimum Gasteiger partial charge on any atom is -0.382 e. The van der Waals surface area contributed by atoms with Gasteiger partial charge in [-0.15, -0.1) is 0 Å². The largest absolute Gasteiger partial charge is 0.382 e. The van der Waals surface area contributed by atoms with E-state index in [1.165, 1.54) is 0 Å². The van der Waals surface area contributed by atoms with E-state index in [1.807, 2.05) is 0 Å². The predicted octanol–water partition coefficient (Wildman–Crippen LogP) is 0.804. The Kier molecular flexibility index (Phi) is 3.64. The van der Waals surface area contributed by atoms with E-state index in [9.17, 15) is 0 Å². The molecule has 0 aliphatic heterocycles. The van der Waals surface area contributed by atoms with Crippen LogP contribution in [0.15, 0.2) is 12.4 Å². The highest BCUT2D eigenvalue weighted by molar-refractivity contribution is 5.23. The van der Waals surface area contributed by atoms with Crippen LogP contribution in [0.25, 0.3) is 0 Å². The molecule has 0 bridgehead atoms. The minimum atomic E-state index is 0.476. The highest BCUT2D eigenvalue weighted by Gasteiger charge is 1.96. The van der Waals surface area contributed by atoms with Gasteiger partial charge in [-0.3, -0.25) is 4.98 Å². The maximum Gasteiger partial charge on any atom is 0.142 e. The third kappa shape index (κ3) is 3.85. The number of nitrogens with zero attached hydrogens (tertiary/aromatic N) is 2. The molecule has 4 nitrogen and oxygen atoms in total. The van der Waals surface area contributed by atoms with Crippen LogP contribution < -0.4 is 11.1 Å². The van der Waals surface area contributed by atoms with Crippen LogP contribution in [0.4, 0.5) is 5.82 Å². The summed E-state index contributed by atoms with van der Waals surface area (Å²) in [7, 11) is 0. The summed E-state index contributed by atoms with van der Waals surface area (Å²) in [6.07, 6.45) is 3.27. The maximum absolute atomic E-state index is 5.49. The Bertz CT molecular complexity index is 260. The van der Waals surface area contributed by atoms with E-state index in [0.717, 1.165) is 18.8 Å². The van der Waals surface area contributed by atoms with Gasteiger partial charge in [0.15, 0.2) is 0 Å². The van der Waals surface area contributed by atoms with Gasteiger partial charge in [0, 0.05) is 12.7 Å². The Morgan fingerprint density at radius 1 is 1.46 bits per heavy atom. The second kappa shape index (κ2) is 4.77. The van der Waals surface area contributed by atoms with Crippen molar-refractivity contribution >= 4 is 5.82 Å². The molecule has 0 aliphatic carbocycles. The standard InChI is InChI=1S/C9H16N4/c1-7(2)3-11-4-8-5-12-6-9(10)13-8/h5-7,11H,3-4H2,1-2H3,(H2,10,13). The highest BCUT2D eigenvalue weighted by atomic mass is 14.9. The smallest absolute Gasteiger partial charge is 0.142 e. The molecule has 4 heteroatoms. The molecule has 0 atom stereocenters. The minimum absolute atomic E-state index is 0.476. The molecule has 0 unspecified atom stereocenters. The second-order valence-corrected chi connectivity index (χ2v) is 3.46. The molecule has 0 amide bonds. The molecule has 1 heterocycles. The molecule has 3 N–H and O–H groups in total. The number of aromatic nitrogens is 2. The van der Waals surface area contributed by atoms with Crippen LogP contribution in [0.2, 0.25) is 0 Å². The number of hydrogen-bond donors (Lipinski definition) is 2. The van der Waals surface area contributed by atoms with E-state index in [2.05, 4.69) is 29.1 Å². The molecule has 0 saturated carbocycles. The normalized spacial score (nSPS) is 10.7. The van der Waals surface area contributed by atoms with Gasteiger partial charge < -0.3 is 11.1 Å². The SMILES string of the molecule is CC(C)CNCc1cncc(N)n1.